The fraction of sp³-hybridized carbons (Fsp3) is 0.208. The van der Waals surface area contributed by atoms with Crippen molar-refractivity contribution >= 4 is 5.91 Å². The first kappa shape index (κ1) is 20.4. The van der Waals surface area contributed by atoms with E-state index in [2.05, 4.69) is 21.5 Å². The Balaban J connectivity index is 1.34. The summed E-state index contributed by atoms with van der Waals surface area (Å²) in [5.41, 5.74) is 4.32. The van der Waals surface area contributed by atoms with Crippen molar-refractivity contribution in [3.05, 3.63) is 101 Å². The quantitative estimate of drug-likeness (QED) is 0.469. The fourth-order valence-electron chi connectivity index (χ4n) is 3.32. The molecule has 0 saturated carbocycles. The average molecular weight is 416 g/mol. The Hall–Kier alpha value is -3.87. The maximum Gasteiger partial charge on any atom is 0.287 e. The van der Waals surface area contributed by atoms with Gasteiger partial charge < -0.3 is 14.5 Å². The molecule has 2 heterocycles. The van der Waals surface area contributed by atoms with E-state index in [1.165, 1.54) is 11.9 Å². The van der Waals surface area contributed by atoms with E-state index in [0.717, 1.165) is 22.4 Å². The molecule has 2 aromatic heterocycles. The zero-order valence-corrected chi connectivity index (χ0v) is 17.5. The Bertz CT molecular complexity index is 1170. The number of rotatable bonds is 8. The lowest BCUT2D eigenvalue weighted by Gasteiger charge is -2.10. The largest absolute Gasteiger partial charge is 0.485 e. The van der Waals surface area contributed by atoms with Crippen molar-refractivity contribution in [3.63, 3.8) is 0 Å². The van der Waals surface area contributed by atoms with Gasteiger partial charge in [0.1, 0.15) is 30.8 Å². The van der Waals surface area contributed by atoms with E-state index in [1.807, 2.05) is 50.2 Å². The number of benzene rings is 2. The van der Waals surface area contributed by atoms with Crippen molar-refractivity contribution in [2.45, 2.75) is 33.5 Å². The number of ether oxygens (including phenoxy) is 1. The minimum absolute atomic E-state index is 0.257. The summed E-state index contributed by atoms with van der Waals surface area (Å²) in [6.45, 7) is 5.29. The summed E-state index contributed by atoms with van der Waals surface area (Å²) >= 11 is 0. The van der Waals surface area contributed by atoms with Gasteiger partial charge in [-0.1, -0.05) is 42.0 Å². The first-order valence-corrected chi connectivity index (χ1v) is 10.0. The molecule has 4 rings (SSSR count). The molecule has 0 aliphatic carbocycles. The molecule has 31 heavy (non-hydrogen) atoms. The van der Waals surface area contributed by atoms with Crippen LogP contribution >= 0.6 is 0 Å². The van der Waals surface area contributed by atoms with Gasteiger partial charge in [-0.3, -0.25) is 4.79 Å². The second-order valence-electron chi connectivity index (χ2n) is 7.37. The Morgan fingerprint density at radius 2 is 1.94 bits per heavy atom. The molecule has 0 bridgehead atoms. The van der Waals surface area contributed by atoms with Crippen molar-refractivity contribution in [1.82, 2.24) is 20.1 Å². The number of furan rings is 1. The molecule has 0 fully saturated rings. The lowest BCUT2D eigenvalue weighted by Crippen LogP contribution is -2.23. The van der Waals surface area contributed by atoms with Gasteiger partial charge in [0.15, 0.2) is 5.76 Å². The summed E-state index contributed by atoms with van der Waals surface area (Å²) in [5.74, 6) is 1.38. The van der Waals surface area contributed by atoms with Crippen LogP contribution in [0.3, 0.4) is 0 Å². The zero-order chi connectivity index (χ0) is 21.6. The standard InChI is InChI=1S/C24H24N4O3/c1-17-7-9-22(18(2)11-17)30-14-21-8-10-23(31-21)24(29)26-12-19-5-3-4-6-20(19)13-28-16-25-15-27-28/h3-11,15-16H,12-14H2,1-2H3,(H,26,29). The highest BCUT2D eigenvalue weighted by Crippen LogP contribution is 2.20. The molecule has 7 heteroatoms. The van der Waals surface area contributed by atoms with E-state index in [1.54, 1.807) is 23.1 Å². The molecule has 1 N–H and O–H groups in total. The number of amides is 1. The fourth-order valence-corrected chi connectivity index (χ4v) is 3.32. The Kier molecular flexibility index (Phi) is 6.12. The van der Waals surface area contributed by atoms with Crippen LogP contribution in [0, 0.1) is 13.8 Å². The van der Waals surface area contributed by atoms with Crippen LogP contribution in [0.1, 0.15) is 38.6 Å². The molecule has 1 amide bonds. The van der Waals surface area contributed by atoms with Crippen LogP contribution in [0.25, 0.3) is 0 Å². The Labute approximate surface area is 180 Å². The van der Waals surface area contributed by atoms with Crippen LogP contribution in [0.2, 0.25) is 0 Å². The van der Waals surface area contributed by atoms with Gasteiger partial charge in [0, 0.05) is 6.54 Å². The first-order valence-electron chi connectivity index (χ1n) is 10.0. The predicted molar refractivity (Wildman–Crippen MR) is 116 cm³/mol. The van der Waals surface area contributed by atoms with E-state index in [9.17, 15) is 4.79 Å². The molecule has 0 aliphatic rings. The maximum absolute atomic E-state index is 12.6. The summed E-state index contributed by atoms with van der Waals surface area (Å²) in [5, 5.41) is 7.06. The molecule has 4 aromatic rings. The third kappa shape index (κ3) is 5.19. The number of aromatic nitrogens is 3. The van der Waals surface area contributed by atoms with Crippen molar-refractivity contribution < 1.29 is 13.9 Å². The van der Waals surface area contributed by atoms with Crippen molar-refractivity contribution in [2.24, 2.45) is 0 Å². The van der Waals surface area contributed by atoms with E-state index in [4.69, 9.17) is 9.15 Å². The van der Waals surface area contributed by atoms with E-state index < -0.39 is 0 Å². The third-order valence-corrected chi connectivity index (χ3v) is 4.94. The highest BCUT2D eigenvalue weighted by molar-refractivity contribution is 5.91. The van der Waals surface area contributed by atoms with Gasteiger partial charge in [0.25, 0.3) is 5.91 Å². The molecule has 158 valence electrons. The highest BCUT2D eigenvalue weighted by atomic mass is 16.5. The number of carbonyl (C=O) groups excluding carboxylic acids is 1. The Morgan fingerprint density at radius 3 is 2.71 bits per heavy atom. The summed E-state index contributed by atoms with van der Waals surface area (Å²) in [4.78, 5) is 16.5. The monoisotopic (exact) mass is 416 g/mol. The minimum Gasteiger partial charge on any atom is -0.485 e. The molecular weight excluding hydrogens is 392 g/mol. The van der Waals surface area contributed by atoms with E-state index in [-0.39, 0.29) is 18.3 Å². The molecule has 0 unspecified atom stereocenters. The SMILES string of the molecule is Cc1ccc(OCc2ccc(C(=O)NCc3ccccc3Cn3cncn3)o2)c(C)c1. The van der Waals surface area contributed by atoms with Gasteiger partial charge in [-0.2, -0.15) is 5.10 Å². The lowest BCUT2D eigenvalue weighted by molar-refractivity contribution is 0.0919. The number of carbonyl (C=O) groups is 1. The molecule has 0 aliphatic heterocycles. The van der Waals surface area contributed by atoms with E-state index in [0.29, 0.717) is 18.8 Å². The number of aryl methyl sites for hydroxylation is 2. The molecule has 0 atom stereocenters. The molecule has 2 aromatic carbocycles. The second-order valence-corrected chi connectivity index (χ2v) is 7.37. The van der Waals surface area contributed by atoms with Crippen molar-refractivity contribution in [3.8, 4) is 5.75 Å². The minimum atomic E-state index is -0.270. The van der Waals surface area contributed by atoms with Crippen LogP contribution in [0.5, 0.6) is 5.75 Å². The second kappa shape index (κ2) is 9.30. The van der Waals surface area contributed by atoms with Gasteiger partial charge in [0.2, 0.25) is 0 Å². The zero-order valence-electron chi connectivity index (χ0n) is 17.5. The predicted octanol–water partition coefficient (Wildman–Crippen LogP) is 4.05. The topological polar surface area (TPSA) is 82.2 Å². The number of nitrogens with one attached hydrogen (secondary N) is 1. The van der Waals surface area contributed by atoms with Gasteiger partial charge in [-0.15, -0.1) is 0 Å². The number of hydrogen-bond donors (Lipinski definition) is 1. The normalized spacial score (nSPS) is 10.8. The third-order valence-electron chi connectivity index (χ3n) is 4.94. The molecule has 0 saturated heterocycles. The van der Waals surface area contributed by atoms with Gasteiger partial charge in [-0.25, -0.2) is 9.67 Å². The smallest absolute Gasteiger partial charge is 0.287 e. The van der Waals surface area contributed by atoms with Crippen LogP contribution in [0.4, 0.5) is 0 Å². The molecular formula is C24H24N4O3. The number of hydrogen-bond acceptors (Lipinski definition) is 5. The summed E-state index contributed by atoms with van der Waals surface area (Å²) < 4.78 is 13.2. The highest BCUT2D eigenvalue weighted by Gasteiger charge is 2.13. The van der Waals surface area contributed by atoms with Crippen molar-refractivity contribution in [1.29, 1.82) is 0 Å². The molecule has 0 spiro atoms. The van der Waals surface area contributed by atoms with Crippen molar-refractivity contribution in [2.75, 3.05) is 0 Å². The van der Waals surface area contributed by atoms with Gasteiger partial charge in [-0.05, 0) is 48.7 Å². The average Bonchev–Trinajstić information content (AvgIpc) is 3.44. The molecule has 0 radical (unpaired) electrons. The van der Waals surface area contributed by atoms with Gasteiger partial charge in [0.05, 0.1) is 6.54 Å². The summed E-state index contributed by atoms with van der Waals surface area (Å²) in [6, 6.07) is 17.3. The maximum atomic E-state index is 12.6. The summed E-state index contributed by atoms with van der Waals surface area (Å²) in [7, 11) is 0. The van der Waals surface area contributed by atoms with E-state index >= 15 is 0 Å². The Morgan fingerprint density at radius 1 is 1.10 bits per heavy atom. The first-order chi connectivity index (χ1) is 15.1. The van der Waals surface area contributed by atoms with Crippen LogP contribution in [-0.2, 0) is 19.7 Å². The lowest BCUT2D eigenvalue weighted by atomic mass is 10.1. The van der Waals surface area contributed by atoms with Crippen LogP contribution in [-0.4, -0.2) is 20.7 Å². The summed E-state index contributed by atoms with van der Waals surface area (Å²) in [6.07, 6.45) is 3.17. The number of nitrogens with zero attached hydrogens (tertiary/aromatic N) is 3. The molecule has 7 nitrogen and oxygen atoms in total. The van der Waals surface area contributed by atoms with Gasteiger partial charge >= 0.3 is 0 Å². The van der Waals surface area contributed by atoms with Crippen LogP contribution in [0.15, 0.2) is 71.7 Å². The van der Waals surface area contributed by atoms with Crippen LogP contribution < -0.4 is 10.1 Å².